The third-order valence-electron chi connectivity index (χ3n) is 4.75. The number of amides is 1. The summed E-state index contributed by atoms with van der Waals surface area (Å²) in [7, 11) is 3.18. The fourth-order valence-electron chi connectivity index (χ4n) is 3.38. The molecule has 1 heterocycles. The van der Waals surface area contributed by atoms with E-state index in [0.29, 0.717) is 22.1 Å². The van der Waals surface area contributed by atoms with Crippen molar-refractivity contribution in [1.82, 2.24) is 0 Å². The molecule has 0 saturated heterocycles. The van der Waals surface area contributed by atoms with E-state index in [0.717, 1.165) is 16.9 Å². The van der Waals surface area contributed by atoms with Gasteiger partial charge in [0.1, 0.15) is 6.17 Å². The lowest BCUT2D eigenvalue weighted by molar-refractivity contribution is 0.0975. The van der Waals surface area contributed by atoms with Gasteiger partial charge in [0.25, 0.3) is 5.91 Å². The second-order valence-corrected chi connectivity index (χ2v) is 6.79. The quantitative estimate of drug-likeness (QED) is 0.666. The zero-order chi connectivity index (χ0) is 19.7. The van der Waals surface area contributed by atoms with E-state index < -0.39 is 6.17 Å². The number of nitrogens with one attached hydrogen (secondary N) is 1. The number of carbonyl (C=O) groups excluding carboxylic acids is 1. The van der Waals surface area contributed by atoms with E-state index in [4.69, 9.17) is 21.1 Å². The first kappa shape index (κ1) is 18.2. The average Bonchev–Trinajstić information content (AvgIpc) is 2.74. The standard InChI is InChI=1S/C22H19ClN2O3/c1-27-19-12-7-14(13-20(19)28-2)21-24-18-6-4-3-5-17(18)22(26)25(21)16-10-8-15(23)9-11-16/h3-13,21,24H,1-2H3/t21-/m0/s1. The maximum atomic E-state index is 13.4. The van der Waals surface area contributed by atoms with Crippen molar-refractivity contribution < 1.29 is 14.3 Å². The van der Waals surface area contributed by atoms with Crippen molar-refractivity contribution in [3.05, 3.63) is 82.9 Å². The smallest absolute Gasteiger partial charge is 0.262 e. The Kier molecular flexibility index (Phi) is 4.84. The first-order valence-corrected chi connectivity index (χ1v) is 9.17. The first-order valence-electron chi connectivity index (χ1n) is 8.79. The van der Waals surface area contributed by atoms with E-state index >= 15 is 0 Å². The highest BCUT2D eigenvalue weighted by molar-refractivity contribution is 6.30. The molecule has 0 aromatic heterocycles. The molecule has 142 valence electrons. The minimum absolute atomic E-state index is 0.0866. The highest BCUT2D eigenvalue weighted by Crippen LogP contribution is 2.39. The SMILES string of the molecule is COc1ccc([C@H]2Nc3ccccc3C(=O)N2c2ccc(Cl)cc2)cc1OC. The van der Waals surface area contributed by atoms with Gasteiger partial charge in [-0.3, -0.25) is 9.69 Å². The molecule has 0 spiro atoms. The largest absolute Gasteiger partial charge is 0.493 e. The molecule has 1 aliphatic heterocycles. The zero-order valence-electron chi connectivity index (χ0n) is 15.5. The third-order valence-corrected chi connectivity index (χ3v) is 5.01. The fourth-order valence-corrected chi connectivity index (χ4v) is 3.50. The molecular formula is C22H19ClN2O3. The number of anilines is 2. The number of methoxy groups -OCH3 is 2. The molecule has 1 atom stereocenters. The lowest BCUT2D eigenvalue weighted by atomic mass is 10.0. The Bertz CT molecular complexity index is 1020. The van der Waals surface area contributed by atoms with Crippen LogP contribution in [0, 0.1) is 0 Å². The maximum Gasteiger partial charge on any atom is 0.262 e. The second-order valence-electron chi connectivity index (χ2n) is 6.36. The molecule has 28 heavy (non-hydrogen) atoms. The van der Waals surface area contributed by atoms with Gasteiger partial charge < -0.3 is 14.8 Å². The Labute approximate surface area is 168 Å². The van der Waals surface area contributed by atoms with E-state index in [1.54, 1.807) is 31.3 Å². The van der Waals surface area contributed by atoms with Crippen LogP contribution in [0.4, 0.5) is 11.4 Å². The Morgan fingerprint density at radius 3 is 2.36 bits per heavy atom. The molecule has 0 fully saturated rings. The monoisotopic (exact) mass is 394 g/mol. The van der Waals surface area contributed by atoms with E-state index in [-0.39, 0.29) is 5.91 Å². The summed E-state index contributed by atoms with van der Waals surface area (Å²) in [5, 5.41) is 4.09. The van der Waals surface area contributed by atoms with Crippen LogP contribution in [0.15, 0.2) is 66.7 Å². The zero-order valence-corrected chi connectivity index (χ0v) is 16.2. The molecule has 5 nitrogen and oxygen atoms in total. The second kappa shape index (κ2) is 7.44. The van der Waals surface area contributed by atoms with Crippen molar-refractivity contribution in [1.29, 1.82) is 0 Å². The van der Waals surface area contributed by atoms with Crippen LogP contribution < -0.4 is 19.7 Å². The molecule has 3 aromatic carbocycles. The van der Waals surface area contributed by atoms with Crippen molar-refractivity contribution in [3.8, 4) is 11.5 Å². The molecule has 1 amide bonds. The van der Waals surface area contributed by atoms with Crippen LogP contribution in [0.25, 0.3) is 0 Å². The molecule has 6 heteroatoms. The van der Waals surface area contributed by atoms with Gasteiger partial charge in [0.15, 0.2) is 11.5 Å². The van der Waals surface area contributed by atoms with E-state index in [1.165, 1.54) is 0 Å². The number of fused-ring (bicyclic) bond motifs is 1. The summed E-state index contributed by atoms with van der Waals surface area (Å²) in [5.41, 5.74) is 3.03. The topological polar surface area (TPSA) is 50.8 Å². The predicted octanol–water partition coefficient (Wildman–Crippen LogP) is 5.13. The third kappa shape index (κ3) is 3.14. The first-order chi connectivity index (χ1) is 13.6. The van der Waals surface area contributed by atoms with Crippen molar-refractivity contribution in [3.63, 3.8) is 0 Å². The molecule has 0 saturated carbocycles. The molecule has 4 rings (SSSR count). The summed E-state index contributed by atoms with van der Waals surface area (Å²) in [5.74, 6) is 1.15. The number of para-hydroxylation sites is 1. The number of hydrogen-bond acceptors (Lipinski definition) is 4. The molecule has 0 bridgehead atoms. The number of rotatable bonds is 4. The van der Waals surface area contributed by atoms with Crippen LogP contribution in [-0.4, -0.2) is 20.1 Å². The van der Waals surface area contributed by atoms with Crippen molar-refractivity contribution in [2.45, 2.75) is 6.17 Å². The van der Waals surface area contributed by atoms with Crippen molar-refractivity contribution >= 4 is 28.9 Å². The molecule has 3 aromatic rings. The molecule has 1 aliphatic rings. The van der Waals surface area contributed by atoms with Crippen molar-refractivity contribution in [2.75, 3.05) is 24.4 Å². The van der Waals surface area contributed by atoms with Crippen LogP contribution in [0.2, 0.25) is 5.02 Å². The number of ether oxygens (including phenoxy) is 2. The molecule has 0 unspecified atom stereocenters. The van der Waals surface area contributed by atoms with Crippen LogP contribution in [0.5, 0.6) is 11.5 Å². The number of carbonyl (C=O) groups is 1. The Hall–Kier alpha value is -3.18. The van der Waals surface area contributed by atoms with Gasteiger partial charge in [-0.15, -0.1) is 0 Å². The lowest BCUT2D eigenvalue weighted by Gasteiger charge is -2.38. The Morgan fingerprint density at radius 1 is 0.929 bits per heavy atom. The number of hydrogen-bond donors (Lipinski definition) is 1. The van der Waals surface area contributed by atoms with Gasteiger partial charge >= 0.3 is 0 Å². The minimum atomic E-state index is -0.414. The lowest BCUT2D eigenvalue weighted by Crippen LogP contribution is -2.43. The number of benzene rings is 3. The van der Waals surface area contributed by atoms with E-state index in [2.05, 4.69) is 5.32 Å². The van der Waals surface area contributed by atoms with Gasteiger partial charge in [-0.05, 0) is 54.1 Å². The predicted molar refractivity (Wildman–Crippen MR) is 111 cm³/mol. The van der Waals surface area contributed by atoms with Crippen LogP contribution in [0.3, 0.4) is 0 Å². The molecular weight excluding hydrogens is 376 g/mol. The van der Waals surface area contributed by atoms with Gasteiger partial charge in [-0.25, -0.2) is 0 Å². The maximum absolute atomic E-state index is 13.4. The van der Waals surface area contributed by atoms with Crippen LogP contribution >= 0.6 is 11.6 Å². The summed E-state index contributed by atoms with van der Waals surface area (Å²) in [6, 6.07) is 20.3. The van der Waals surface area contributed by atoms with E-state index in [1.807, 2.05) is 54.6 Å². The highest BCUT2D eigenvalue weighted by Gasteiger charge is 2.34. The number of halogens is 1. The van der Waals surface area contributed by atoms with Gasteiger partial charge in [0.2, 0.25) is 0 Å². The minimum Gasteiger partial charge on any atom is -0.493 e. The van der Waals surface area contributed by atoms with Gasteiger partial charge in [0.05, 0.1) is 19.8 Å². The van der Waals surface area contributed by atoms with Crippen LogP contribution in [0.1, 0.15) is 22.1 Å². The van der Waals surface area contributed by atoms with Crippen molar-refractivity contribution in [2.24, 2.45) is 0 Å². The summed E-state index contributed by atoms with van der Waals surface area (Å²) >= 11 is 6.04. The average molecular weight is 395 g/mol. The molecule has 1 N–H and O–H groups in total. The van der Waals surface area contributed by atoms with Gasteiger partial charge in [-0.1, -0.05) is 29.8 Å². The molecule has 0 radical (unpaired) electrons. The Morgan fingerprint density at radius 2 is 1.64 bits per heavy atom. The summed E-state index contributed by atoms with van der Waals surface area (Å²) in [4.78, 5) is 15.1. The van der Waals surface area contributed by atoms with Gasteiger partial charge in [0, 0.05) is 16.4 Å². The fraction of sp³-hybridized carbons (Fsp3) is 0.136. The normalized spacial score (nSPS) is 15.6. The number of nitrogens with zero attached hydrogens (tertiary/aromatic N) is 1. The summed E-state index contributed by atoms with van der Waals surface area (Å²) in [6.45, 7) is 0. The Balaban J connectivity index is 1.85. The van der Waals surface area contributed by atoms with Gasteiger partial charge in [-0.2, -0.15) is 0 Å². The van der Waals surface area contributed by atoms with E-state index in [9.17, 15) is 4.79 Å². The highest BCUT2D eigenvalue weighted by atomic mass is 35.5. The molecule has 0 aliphatic carbocycles. The summed E-state index contributed by atoms with van der Waals surface area (Å²) in [6.07, 6.45) is -0.414. The van der Waals surface area contributed by atoms with Crippen LogP contribution in [-0.2, 0) is 0 Å². The summed E-state index contributed by atoms with van der Waals surface area (Å²) < 4.78 is 10.8.